The first-order valence-corrected chi connectivity index (χ1v) is 15.0. The summed E-state index contributed by atoms with van der Waals surface area (Å²) >= 11 is 0. The van der Waals surface area contributed by atoms with Crippen molar-refractivity contribution in [3.05, 3.63) is 69.5 Å². The van der Waals surface area contributed by atoms with Gasteiger partial charge in [-0.3, -0.25) is 4.79 Å². The van der Waals surface area contributed by atoms with Gasteiger partial charge in [0.25, 0.3) is 10.1 Å². The van der Waals surface area contributed by atoms with Crippen LogP contribution in [-0.2, 0) is 31.7 Å². The molecule has 0 amide bonds. The fourth-order valence-corrected chi connectivity index (χ4v) is 6.10. The van der Waals surface area contributed by atoms with Gasteiger partial charge in [0.15, 0.2) is 5.75 Å². The average Bonchev–Trinajstić information content (AvgIpc) is 3.76. The van der Waals surface area contributed by atoms with Crippen LogP contribution in [0.25, 0.3) is 10.9 Å². The number of alkyl halides is 1. The van der Waals surface area contributed by atoms with E-state index >= 15 is 4.39 Å². The maximum Gasteiger partial charge on any atom is 0.362 e. The largest absolute Gasteiger partial charge is 0.487 e. The van der Waals surface area contributed by atoms with Gasteiger partial charge < -0.3 is 24.0 Å². The van der Waals surface area contributed by atoms with Crippen molar-refractivity contribution in [2.75, 3.05) is 24.3 Å². The first-order chi connectivity index (χ1) is 19.0. The third-order valence-electron chi connectivity index (χ3n) is 7.55. The number of piperidine rings is 1. The number of ether oxygens (including phenoxy) is 2. The second kappa shape index (κ2) is 9.86. The number of anilines is 1. The van der Waals surface area contributed by atoms with Gasteiger partial charge in [-0.1, -0.05) is 30.3 Å². The van der Waals surface area contributed by atoms with Crippen LogP contribution in [0.4, 0.5) is 10.1 Å². The van der Waals surface area contributed by atoms with Crippen molar-refractivity contribution in [3.63, 3.8) is 0 Å². The summed E-state index contributed by atoms with van der Waals surface area (Å²) in [4.78, 5) is 28.8. The molecule has 10 nitrogen and oxygen atoms in total. The number of rotatable bonds is 7. The smallest absolute Gasteiger partial charge is 0.362 e. The molecule has 2 fully saturated rings. The van der Waals surface area contributed by atoms with E-state index in [4.69, 9.17) is 9.47 Å². The van der Waals surface area contributed by atoms with Gasteiger partial charge in [-0.25, -0.2) is 8.98 Å². The van der Waals surface area contributed by atoms with E-state index in [1.165, 1.54) is 6.20 Å². The summed E-state index contributed by atoms with van der Waals surface area (Å²) in [5.41, 5.74) is -0.357. The van der Waals surface area contributed by atoms with Gasteiger partial charge in [-0.05, 0) is 43.7 Å². The molecule has 2 aromatic carbocycles. The van der Waals surface area contributed by atoms with Crippen LogP contribution >= 0.6 is 0 Å². The Hall–Kier alpha value is -3.48. The van der Waals surface area contributed by atoms with E-state index in [0.717, 1.165) is 43.7 Å². The molecule has 1 saturated carbocycles. The van der Waals surface area contributed by atoms with Gasteiger partial charge in [0.2, 0.25) is 5.43 Å². The minimum atomic E-state index is -4.46. The van der Waals surface area contributed by atoms with Crippen molar-refractivity contribution in [2.24, 2.45) is 0 Å². The molecule has 12 heteroatoms. The lowest BCUT2D eigenvalue weighted by atomic mass is 9.95. The highest BCUT2D eigenvalue weighted by Gasteiger charge is 2.45. The zero-order valence-corrected chi connectivity index (χ0v) is 22.7. The topological polar surface area (TPSA) is 124 Å². The summed E-state index contributed by atoms with van der Waals surface area (Å²) in [5, 5.41) is 10.6. The number of carbonyl (C=O) groups excluding carboxylic acids is 1. The van der Waals surface area contributed by atoms with Crippen LogP contribution in [0.2, 0.25) is 0 Å². The van der Waals surface area contributed by atoms with Crippen molar-refractivity contribution in [1.82, 2.24) is 4.57 Å². The van der Waals surface area contributed by atoms with E-state index in [1.54, 1.807) is 28.8 Å². The lowest BCUT2D eigenvalue weighted by Crippen LogP contribution is -2.47. The molecule has 2 atom stereocenters. The van der Waals surface area contributed by atoms with Gasteiger partial charge in [-0.2, -0.15) is 12.8 Å². The lowest BCUT2D eigenvalue weighted by Gasteiger charge is -2.43. The molecule has 1 aromatic heterocycles. The van der Waals surface area contributed by atoms with E-state index < -0.39 is 33.1 Å². The Bertz CT molecular complexity index is 1650. The predicted molar refractivity (Wildman–Crippen MR) is 143 cm³/mol. The Kier molecular flexibility index (Phi) is 6.59. The number of aliphatic hydroxyl groups is 1. The van der Waals surface area contributed by atoms with Gasteiger partial charge >= 0.3 is 12.0 Å². The second-order valence-corrected chi connectivity index (χ2v) is 12.1. The monoisotopic (exact) mass is 572 g/mol. The average molecular weight is 573 g/mol. The van der Waals surface area contributed by atoms with Gasteiger partial charge in [0.05, 0.1) is 34.5 Å². The Balaban J connectivity index is 1.55. The molecule has 0 radical (unpaired) electrons. The molecule has 212 valence electrons. The quantitative estimate of drug-likeness (QED) is 0.257. The van der Waals surface area contributed by atoms with Crippen molar-refractivity contribution in [3.8, 4) is 5.75 Å². The van der Waals surface area contributed by atoms with Crippen LogP contribution in [-0.4, -0.2) is 49.5 Å². The molecular weight excluding hydrogens is 543 g/mol. The van der Waals surface area contributed by atoms with Crippen molar-refractivity contribution in [2.45, 2.75) is 56.8 Å². The van der Waals surface area contributed by atoms with Crippen molar-refractivity contribution in [1.29, 1.82) is 0 Å². The molecule has 3 aliphatic rings. The number of carbonyl (C=O) groups is 1. The summed E-state index contributed by atoms with van der Waals surface area (Å²) in [5.74, 6) is -0.712. The van der Waals surface area contributed by atoms with Crippen LogP contribution in [0.15, 0.2) is 47.4 Å². The summed E-state index contributed by atoms with van der Waals surface area (Å²) in [6.45, 7) is 0.733. The highest BCUT2D eigenvalue weighted by Crippen LogP contribution is 2.50. The van der Waals surface area contributed by atoms with Gasteiger partial charge in [0, 0.05) is 18.8 Å². The molecular formula is C28H29FN2O8S. The maximum absolute atomic E-state index is 15.8. The summed E-state index contributed by atoms with van der Waals surface area (Å²) in [7, 11) is -4.46. The van der Waals surface area contributed by atoms with Crippen molar-refractivity contribution >= 4 is 32.7 Å². The zero-order valence-electron chi connectivity index (χ0n) is 21.8. The molecule has 1 N–H and O–H groups in total. The number of pyridine rings is 1. The molecule has 3 aromatic rings. The number of nitrogens with zero attached hydrogens (tertiary/aromatic N) is 2. The number of aromatic nitrogens is 1. The Morgan fingerprint density at radius 2 is 1.93 bits per heavy atom. The van der Waals surface area contributed by atoms with E-state index in [2.05, 4.69) is 4.18 Å². The first-order valence-electron chi connectivity index (χ1n) is 13.2. The number of halogens is 1. The van der Waals surface area contributed by atoms with Crippen molar-refractivity contribution < 1.29 is 36.4 Å². The Morgan fingerprint density at radius 1 is 1.18 bits per heavy atom. The highest BCUT2D eigenvalue weighted by atomic mass is 32.2. The fraction of sp³-hybridized carbons (Fsp3) is 0.429. The molecule has 1 saturated heterocycles. The molecule has 0 spiro atoms. The molecule has 1 aliphatic carbocycles. The minimum absolute atomic E-state index is 0.0297. The van der Waals surface area contributed by atoms with E-state index in [-0.39, 0.29) is 47.7 Å². The van der Waals surface area contributed by atoms with Crippen LogP contribution < -0.4 is 15.1 Å². The molecule has 2 aliphatic heterocycles. The standard InChI is InChI=1S/C28H29FN2O8S/c1-40(35,36)39-28(29,34)22-13-20-23(26-24(22)30-12-6-5-9-19(30)16-37-26)31(18-10-11-18)14-21(25(20)32)27(33)38-15-17-7-3-2-4-8-17/h2-4,7-8,13-14,18-19,34H,5-6,9-12,15-16H2,1H3. The Morgan fingerprint density at radius 3 is 2.62 bits per heavy atom. The molecule has 6 rings (SSSR count). The van der Waals surface area contributed by atoms with Crippen LogP contribution in [0, 0.1) is 0 Å². The van der Waals surface area contributed by atoms with Crippen LogP contribution in [0.5, 0.6) is 5.75 Å². The number of hydrogen-bond donors (Lipinski definition) is 1. The Labute approximate surface area is 230 Å². The number of esters is 1. The van der Waals surface area contributed by atoms with E-state index in [0.29, 0.717) is 18.3 Å². The second-order valence-electron chi connectivity index (χ2n) is 10.6. The number of hydrogen-bond acceptors (Lipinski definition) is 9. The number of fused-ring (bicyclic) bond motifs is 5. The van der Waals surface area contributed by atoms with Crippen LogP contribution in [0.1, 0.15) is 59.6 Å². The first kappa shape index (κ1) is 26.7. The summed E-state index contributed by atoms with van der Waals surface area (Å²) in [6, 6.07) is 6.12. The lowest BCUT2D eigenvalue weighted by molar-refractivity contribution is -0.244. The van der Waals surface area contributed by atoms with Crippen LogP contribution in [0.3, 0.4) is 0 Å². The predicted octanol–water partition coefficient (Wildman–Crippen LogP) is 3.49. The summed E-state index contributed by atoms with van der Waals surface area (Å²) < 4.78 is 57.5. The third-order valence-corrected chi connectivity index (χ3v) is 8.07. The SMILES string of the molecule is CS(=O)(=O)OC(O)(F)c1cc2c(=O)c(C(=O)OCc3ccccc3)cn(C3CC3)c2c2c1N1CCCCC1CO2. The third kappa shape index (κ3) is 4.95. The maximum atomic E-state index is 15.8. The fourth-order valence-electron chi connectivity index (χ4n) is 5.61. The summed E-state index contributed by atoms with van der Waals surface area (Å²) in [6.07, 6.45) is 6.15. The molecule has 0 bridgehead atoms. The molecule has 40 heavy (non-hydrogen) atoms. The van der Waals surface area contributed by atoms with Gasteiger partial charge in [-0.15, -0.1) is 0 Å². The van der Waals surface area contributed by atoms with E-state index in [1.807, 2.05) is 11.0 Å². The zero-order chi connectivity index (χ0) is 28.2. The molecule has 3 heterocycles. The number of benzene rings is 2. The van der Waals surface area contributed by atoms with E-state index in [9.17, 15) is 23.1 Å². The minimum Gasteiger partial charge on any atom is -0.487 e. The highest BCUT2D eigenvalue weighted by molar-refractivity contribution is 7.86. The molecule has 2 unspecified atom stereocenters. The van der Waals surface area contributed by atoms with Gasteiger partial charge in [0.1, 0.15) is 18.8 Å². The normalized spacial score (nSPS) is 20.3.